The number of rotatable bonds is 1. The van der Waals surface area contributed by atoms with Gasteiger partial charge in [-0.05, 0) is 48.0 Å². The van der Waals surface area contributed by atoms with Gasteiger partial charge in [-0.3, -0.25) is 4.99 Å². The second-order valence-electron chi connectivity index (χ2n) is 4.27. The quantitative estimate of drug-likeness (QED) is 0.830. The molecule has 0 unspecified atom stereocenters. The average Bonchev–Trinajstić information content (AvgIpc) is 2.52. The molecule has 0 radical (unpaired) electrons. The van der Waals surface area contributed by atoms with Gasteiger partial charge in [-0.2, -0.15) is 0 Å². The van der Waals surface area contributed by atoms with Crippen molar-refractivity contribution in [1.29, 1.82) is 0 Å². The summed E-state index contributed by atoms with van der Waals surface area (Å²) in [5.74, 6) is 1.01. The zero-order chi connectivity index (χ0) is 11.8. The van der Waals surface area contributed by atoms with Crippen molar-refractivity contribution in [2.45, 2.75) is 19.4 Å². The van der Waals surface area contributed by atoms with Crippen LogP contribution in [0.25, 0.3) is 0 Å². The third-order valence-corrected chi connectivity index (χ3v) is 4.69. The fourth-order valence-corrected chi connectivity index (χ4v) is 2.83. The van der Waals surface area contributed by atoms with Crippen LogP contribution in [0.5, 0.6) is 0 Å². The molecule has 1 N–H and O–H groups in total. The predicted molar refractivity (Wildman–Crippen MR) is 76.7 cm³/mol. The highest BCUT2D eigenvalue weighted by atomic mass is 79.9. The SMILES string of the molecule is CC1(C)CSC(Nc2ccc(Br)c(Cl)c2)=N1. The third kappa shape index (κ3) is 2.93. The summed E-state index contributed by atoms with van der Waals surface area (Å²) in [6.45, 7) is 4.26. The zero-order valence-electron chi connectivity index (χ0n) is 9.05. The van der Waals surface area contributed by atoms with E-state index < -0.39 is 0 Å². The summed E-state index contributed by atoms with van der Waals surface area (Å²) >= 11 is 11.1. The lowest BCUT2D eigenvalue weighted by atomic mass is 10.1. The van der Waals surface area contributed by atoms with E-state index in [0.29, 0.717) is 5.02 Å². The predicted octanol–water partition coefficient (Wildman–Crippen LogP) is 4.40. The van der Waals surface area contributed by atoms with Crippen molar-refractivity contribution in [2.75, 3.05) is 11.1 Å². The number of amidine groups is 1. The van der Waals surface area contributed by atoms with Crippen LogP contribution in [0.1, 0.15) is 13.8 Å². The lowest BCUT2D eigenvalue weighted by molar-refractivity contribution is 0.605. The maximum atomic E-state index is 6.02. The van der Waals surface area contributed by atoms with Gasteiger partial charge in [0, 0.05) is 15.9 Å². The summed E-state index contributed by atoms with van der Waals surface area (Å²) in [7, 11) is 0. The van der Waals surface area contributed by atoms with Gasteiger partial charge in [0.15, 0.2) is 5.17 Å². The lowest BCUT2D eigenvalue weighted by Gasteiger charge is -2.09. The van der Waals surface area contributed by atoms with Crippen molar-refractivity contribution < 1.29 is 0 Å². The van der Waals surface area contributed by atoms with Crippen LogP contribution in [0, 0.1) is 0 Å². The average molecular weight is 320 g/mol. The van der Waals surface area contributed by atoms with Crippen LogP contribution in [0.2, 0.25) is 5.02 Å². The topological polar surface area (TPSA) is 24.4 Å². The number of halogens is 2. The summed E-state index contributed by atoms with van der Waals surface area (Å²) in [5.41, 5.74) is 1.00. The molecule has 0 atom stereocenters. The Morgan fingerprint density at radius 2 is 2.25 bits per heavy atom. The number of thioether (sulfide) groups is 1. The molecular formula is C11H12BrClN2S. The molecule has 5 heteroatoms. The van der Waals surface area contributed by atoms with Gasteiger partial charge in [0.2, 0.25) is 0 Å². The summed E-state index contributed by atoms with van der Waals surface area (Å²) in [4.78, 5) is 4.58. The highest BCUT2D eigenvalue weighted by Crippen LogP contribution is 2.30. The standard InChI is InChI=1S/C11H12BrClN2S/c1-11(2)6-16-10(15-11)14-7-3-4-8(12)9(13)5-7/h3-5H,6H2,1-2H3,(H,14,15). The minimum absolute atomic E-state index is 0.0339. The number of benzene rings is 1. The van der Waals surface area contributed by atoms with Gasteiger partial charge in [0.25, 0.3) is 0 Å². The molecule has 1 heterocycles. The summed E-state index contributed by atoms with van der Waals surface area (Å²) < 4.78 is 0.904. The van der Waals surface area contributed by atoms with Gasteiger partial charge in [-0.1, -0.05) is 23.4 Å². The lowest BCUT2D eigenvalue weighted by Crippen LogP contribution is -2.15. The van der Waals surface area contributed by atoms with E-state index in [2.05, 4.69) is 40.1 Å². The molecular weight excluding hydrogens is 308 g/mol. The first-order valence-electron chi connectivity index (χ1n) is 4.91. The van der Waals surface area contributed by atoms with E-state index in [1.807, 2.05) is 18.2 Å². The van der Waals surface area contributed by atoms with Gasteiger partial charge in [-0.25, -0.2) is 0 Å². The largest absolute Gasteiger partial charge is 0.335 e. The molecule has 0 aromatic heterocycles. The van der Waals surface area contributed by atoms with Gasteiger partial charge < -0.3 is 5.32 Å². The minimum atomic E-state index is 0.0339. The van der Waals surface area contributed by atoms with E-state index in [0.717, 1.165) is 21.1 Å². The first-order chi connectivity index (χ1) is 7.46. The Labute approximate surface area is 113 Å². The molecule has 2 nitrogen and oxygen atoms in total. The first-order valence-corrected chi connectivity index (χ1v) is 7.07. The minimum Gasteiger partial charge on any atom is -0.335 e. The van der Waals surface area contributed by atoms with Crippen LogP contribution in [0.15, 0.2) is 27.7 Å². The number of hydrogen-bond acceptors (Lipinski definition) is 3. The van der Waals surface area contributed by atoms with Crippen LogP contribution in [0.3, 0.4) is 0 Å². The molecule has 1 aromatic carbocycles. The summed E-state index contributed by atoms with van der Waals surface area (Å²) in [6.07, 6.45) is 0. The maximum absolute atomic E-state index is 6.02. The number of hydrogen-bond donors (Lipinski definition) is 1. The molecule has 1 aromatic rings. The van der Waals surface area contributed by atoms with Crippen LogP contribution in [-0.2, 0) is 0 Å². The molecule has 2 rings (SSSR count). The number of nitrogens with one attached hydrogen (secondary N) is 1. The Hall–Kier alpha value is -0.190. The van der Waals surface area contributed by atoms with Crippen LogP contribution in [-0.4, -0.2) is 16.5 Å². The van der Waals surface area contributed by atoms with Crippen LogP contribution < -0.4 is 5.32 Å². The molecule has 0 amide bonds. The van der Waals surface area contributed by atoms with Crippen molar-refractivity contribution in [3.05, 3.63) is 27.7 Å². The van der Waals surface area contributed by atoms with E-state index >= 15 is 0 Å². The molecule has 1 aliphatic heterocycles. The second kappa shape index (κ2) is 4.59. The van der Waals surface area contributed by atoms with E-state index in [-0.39, 0.29) is 5.54 Å². The van der Waals surface area contributed by atoms with Crippen molar-refractivity contribution in [3.8, 4) is 0 Å². The molecule has 1 aliphatic rings. The molecule has 0 saturated heterocycles. The van der Waals surface area contributed by atoms with Gasteiger partial charge in [0.1, 0.15) is 0 Å². The van der Waals surface area contributed by atoms with E-state index in [1.54, 1.807) is 11.8 Å². The van der Waals surface area contributed by atoms with Gasteiger partial charge >= 0.3 is 0 Å². The van der Waals surface area contributed by atoms with Crippen molar-refractivity contribution in [1.82, 2.24) is 0 Å². The van der Waals surface area contributed by atoms with Crippen molar-refractivity contribution in [3.63, 3.8) is 0 Å². The normalized spacial score (nSPS) is 18.4. The highest BCUT2D eigenvalue weighted by Gasteiger charge is 2.25. The fraction of sp³-hybridized carbons (Fsp3) is 0.364. The van der Waals surface area contributed by atoms with Crippen molar-refractivity contribution in [2.24, 2.45) is 4.99 Å². The smallest absolute Gasteiger partial charge is 0.161 e. The Bertz CT molecular complexity index is 446. The van der Waals surface area contributed by atoms with E-state index in [1.165, 1.54) is 0 Å². The number of nitrogens with zero attached hydrogens (tertiary/aromatic N) is 1. The molecule has 86 valence electrons. The Morgan fingerprint density at radius 3 is 2.81 bits per heavy atom. The second-order valence-corrected chi connectivity index (χ2v) is 6.50. The molecule has 0 bridgehead atoms. The number of anilines is 1. The molecule has 0 fully saturated rings. The summed E-state index contributed by atoms with van der Waals surface area (Å²) in [5, 5.41) is 4.94. The first kappa shape index (κ1) is 12.3. The van der Waals surface area contributed by atoms with E-state index in [9.17, 15) is 0 Å². The summed E-state index contributed by atoms with van der Waals surface area (Å²) in [6, 6.07) is 5.79. The van der Waals surface area contributed by atoms with Crippen LogP contribution in [0.4, 0.5) is 5.69 Å². The molecule has 0 saturated carbocycles. The molecule has 0 aliphatic carbocycles. The Balaban J connectivity index is 2.13. The Kier molecular flexibility index (Phi) is 3.52. The zero-order valence-corrected chi connectivity index (χ0v) is 12.2. The van der Waals surface area contributed by atoms with Gasteiger partial charge in [-0.15, -0.1) is 0 Å². The maximum Gasteiger partial charge on any atom is 0.161 e. The highest BCUT2D eigenvalue weighted by molar-refractivity contribution is 9.10. The Morgan fingerprint density at radius 1 is 1.50 bits per heavy atom. The van der Waals surface area contributed by atoms with E-state index in [4.69, 9.17) is 11.6 Å². The molecule has 0 spiro atoms. The van der Waals surface area contributed by atoms with Crippen molar-refractivity contribution >= 4 is 50.1 Å². The molecule has 16 heavy (non-hydrogen) atoms. The fourth-order valence-electron chi connectivity index (χ4n) is 1.35. The monoisotopic (exact) mass is 318 g/mol. The number of aliphatic imine (C=N–C) groups is 1. The van der Waals surface area contributed by atoms with Crippen LogP contribution >= 0.6 is 39.3 Å². The third-order valence-electron chi connectivity index (χ3n) is 2.14. The van der Waals surface area contributed by atoms with Gasteiger partial charge in [0.05, 0.1) is 10.6 Å².